The molecule has 4 heteroatoms. The second-order valence-corrected chi connectivity index (χ2v) is 4.72. The first-order chi connectivity index (χ1) is 10.1. The van der Waals surface area contributed by atoms with Gasteiger partial charge in [-0.1, -0.05) is 30.3 Å². The molecule has 4 nitrogen and oxygen atoms in total. The zero-order valence-corrected chi connectivity index (χ0v) is 12.1. The van der Waals surface area contributed by atoms with Crippen LogP contribution in [0.25, 0.3) is 0 Å². The van der Waals surface area contributed by atoms with Gasteiger partial charge < -0.3 is 14.6 Å². The summed E-state index contributed by atoms with van der Waals surface area (Å²) in [5, 5.41) is 9.15. The van der Waals surface area contributed by atoms with Crippen LogP contribution in [0.15, 0.2) is 42.5 Å². The van der Waals surface area contributed by atoms with Crippen molar-refractivity contribution in [2.24, 2.45) is 0 Å². The third kappa shape index (κ3) is 3.75. The molecule has 0 fully saturated rings. The molecule has 0 spiro atoms. The fraction of sp³-hybridized carbons (Fsp3) is 0.235. The van der Waals surface area contributed by atoms with E-state index in [4.69, 9.17) is 14.6 Å². The lowest BCUT2D eigenvalue weighted by Crippen LogP contribution is -2.12. The van der Waals surface area contributed by atoms with Crippen LogP contribution in [0.2, 0.25) is 0 Å². The van der Waals surface area contributed by atoms with Crippen LogP contribution in [-0.2, 0) is 0 Å². The number of carboxylic acids is 1. The molecule has 21 heavy (non-hydrogen) atoms. The van der Waals surface area contributed by atoms with Gasteiger partial charge in [-0.05, 0) is 37.1 Å². The Hall–Kier alpha value is -2.49. The summed E-state index contributed by atoms with van der Waals surface area (Å²) in [5.41, 5.74) is 2.02. The van der Waals surface area contributed by atoms with Crippen LogP contribution in [0, 0.1) is 13.8 Å². The number of rotatable bonds is 6. The highest BCUT2D eigenvalue weighted by Gasteiger charge is 2.13. The zero-order chi connectivity index (χ0) is 15.2. The molecule has 2 aromatic carbocycles. The minimum atomic E-state index is -0.992. The van der Waals surface area contributed by atoms with Gasteiger partial charge in [-0.25, -0.2) is 4.79 Å². The molecule has 0 bridgehead atoms. The van der Waals surface area contributed by atoms with Gasteiger partial charge in [-0.15, -0.1) is 0 Å². The van der Waals surface area contributed by atoms with Gasteiger partial charge in [0.05, 0.1) is 0 Å². The normalized spacial score (nSPS) is 10.2. The molecule has 0 radical (unpaired) electrons. The summed E-state index contributed by atoms with van der Waals surface area (Å²) < 4.78 is 11.2. The average Bonchev–Trinajstić information content (AvgIpc) is 2.46. The van der Waals surface area contributed by atoms with Gasteiger partial charge in [0.2, 0.25) is 0 Å². The molecule has 0 aliphatic rings. The highest BCUT2D eigenvalue weighted by Crippen LogP contribution is 2.23. The van der Waals surface area contributed by atoms with Gasteiger partial charge in [0.1, 0.15) is 30.3 Å². The summed E-state index contributed by atoms with van der Waals surface area (Å²) in [6.45, 7) is 4.45. The molecule has 0 aliphatic carbocycles. The van der Waals surface area contributed by atoms with E-state index in [1.165, 1.54) is 6.07 Å². The molecule has 110 valence electrons. The van der Waals surface area contributed by atoms with Gasteiger partial charge in [-0.3, -0.25) is 0 Å². The predicted molar refractivity (Wildman–Crippen MR) is 80.3 cm³/mol. The largest absolute Gasteiger partial charge is 0.490 e. The summed E-state index contributed by atoms with van der Waals surface area (Å²) >= 11 is 0. The molecule has 0 aromatic heterocycles. The van der Waals surface area contributed by atoms with Crippen molar-refractivity contribution in [2.75, 3.05) is 13.2 Å². The molecule has 0 amide bonds. The monoisotopic (exact) mass is 286 g/mol. The topological polar surface area (TPSA) is 55.8 Å². The third-order valence-corrected chi connectivity index (χ3v) is 3.12. The maximum Gasteiger partial charge on any atom is 0.339 e. The van der Waals surface area contributed by atoms with E-state index in [2.05, 4.69) is 0 Å². The van der Waals surface area contributed by atoms with Crippen molar-refractivity contribution >= 4 is 5.97 Å². The molecule has 0 atom stereocenters. The fourth-order valence-electron chi connectivity index (χ4n) is 2.03. The summed E-state index contributed by atoms with van der Waals surface area (Å²) in [5.74, 6) is 0.219. The molecule has 0 heterocycles. The minimum absolute atomic E-state index is 0.172. The molecule has 2 rings (SSSR count). The molecule has 1 N–H and O–H groups in total. The van der Waals surface area contributed by atoms with Crippen molar-refractivity contribution in [1.29, 1.82) is 0 Å². The van der Waals surface area contributed by atoms with Crippen LogP contribution in [0.3, 0.4) is 0 Å². The first-order valence-electron chi connectivity index (χ1n) is 6.73. The average molecular weight is 286 g/mol. The Balaban J connectivity index is 1.95. The first-order valence-corrected chi connectivity index (χ1v) is 6.73. The maximum atomic E-state index is 11.2. The Morgan fingerprint density at radius 1 is 0.952 bits per heavy atom. The van der Waals surface area contributed by atoms with Crippen LogP contribution in [0.1, 0.15) is 21.5 Å². The summed E-state index contributed by atoms with van der Waals surface area (Å²) in [6, 6.07) is 12.8. The quantitative estimate of drug-likeness (QED) is 0.826. The molecule has 0 saturated heterocycles. The molecular formula is C17H18O4. The zero-order valence-electron chi connectivity index (χ0n) is 12.1. The van der Waals surface area contributed by atoms with E-state index in [-0.39, 0.29) is 5.56 Å². The number of hydrogen-bond donors (Lipinski definition) is 1. The van der Waals surface area contributed by atoms with Crippen molar-refractivity contribution in [2.45, 2.75) is 13.8 Å². The van der Waals surface area contributed by atoms with Crippen molar-refractivity contribution in [3.05, 3.63) is 59.2 Å². The van der Waals surface area contributed by atoms with Crippen LogP contribution in [0.5, 0.6) is 11.5 Å². The maximum absolute atomic E-state index is 11.2. The summed E-state index contributed by atoms with van der Waals surface area (Å²) in [7, 11) is 0. The van der Waals surface area contributed by atoms with E-state index >= 15 is 0 Å². The number of para-hydroxylation sites is 2. The summed E-state index contributed by atoms with van der Waals surface area (Å²) in [4.78, 5) is 11.2. The van der Waals surface area contributed by atoms with Gasteiger partial charge in [0, 0.05) is 0 Å². The number of carboxylic acid groups (broad SMARTS) is 1. The van der Waals surface area contributed by atoms with E-state index in [1.807, 2.05) is 44.2 Å². The van der Waals surface area contributed by atoms with Crippen molar-refractivity contribution < 1.29 is 19.4 Å². The van der Waals surface area contributed by atoms with Crippen molar-refractivity contribution in [3.63, 3.8) is 0 Å². The standard InChI is InChI=1S/C17H18O4/c1-12-6-3-4-9-15(12)20-10-11-21-16-13(2)7-5-8-14(16)17(18)19/h3-9H,10-11H2,1-2H3,(H,18,19). The number of ether oxygens (including phenoxy) is 2. The number of aromatic carboxylic acids is 1. The van der Waals surface area contributed by atoms with Crippen LogP contribution in [-0.4, -0.2) is 24.3 Å². The Bertz CT molecular complexity index is 634. The number of aryl methyl sites for hydroxylation is 2. The van der Waals surface area contributed by atoms with Crippen LogP contribution < -0.4 is 9.47 Å². The lowest BCUT2D eigenvalue weighted by molar-refractivity contribution is 0.0691. The Morgan fingerprint density at radius 3 is 2.33 bits per heavy atom. The van der Waals surface area contributed by atoms with E-state index in [0.29, 0.717) is 19.0 Å². The van der Waals surface area contributed by atoms with E-state index in [0.717, 1.165) is 16.9 Å². The van der Waals surface area contributed by atoms with Crippen LogP contribution in [0.4, 0.5) is 0 Å². The highest BCUT2D eigenvalue weighted by atomic mass is 16.5. The highest BCUT2D eigenvalue weighted by molar-refractivity contribution is 5.91. The lowest BCUT2D eigenvalue weighted by atomic mass is 10.1. The summed E-state index contributed by atoms with van der Waals surface area (Å²) in [6.07, 6.45) is 0. The predicted octanol–water partition coefficient (Wildman–Crippen LogP) is 3.46. The van der Waals surface area contributed by atoms with Crippen LogP contribution >= 0.6 is 0 Å². The smallest absolute Gasteiger partial charge is 0.339 e. The number of carbonyl (C=O) groups is 1. The van der Waals surface area contributed by atoms with Gasteiger partial charge >= 0.3 is 5.97 Å². The van der Waals surface area contributed by atoms with Crippen molar-refractivity contribution in [1.82, 2.24) is 0 Å². The Kier molecular flexibility index (Phi) is 4.82. The van der Waals surface area contributed by atoms with E-state index < -0.39 is 5.97 Å². The van der Waals surface area contributed by atoms with Gasteiger partial charge in [0.25, 0.3) is 0 Å². The molecule has 2 aromatic rings. The fourth-order valence-corrected chi connectivity index (χ4v) is 2.03. The second-order valence-electron chi connectivity index (χ2n) is 4.72. The molecule has 0 aliphatic heterocycles. The Labute approximate surface area is 123 Å². The second kappa shape index (κ2) is 6.79. The van der Waals surface area contributed by atoms with Crippen molar-refractivity contribution in [3.8, 4) is 11.5 Å². The first kappa shape index (κ1) is 14.9. The molecule has 0 unspecified atom stereocenters. The molecular weight excluding hydrogens is 268 g/mol. The van der Waals surface area contributed by atoms with Gasteiger partial charge in [-0.2, -0.15) is 0 Å². The third-order valence-electron chi connectivity index (χ3n) is 3.12. The molecule has 0 saturated carbocycles. The number of benzene rings is 2. The van der Waals surface area contributed by atoms with E-state index in [1.54, 1.807) is 6.07 Å². The Morgan fingerprint density at radius 2 is 1.62 bits per heavy atom. The van der Waals surface area contributed by atoms with Gasteiger partial charge in [0.15, 0.2) is 0 Å². The SMILES string of the molecule is Cc1ccccc1OCCOc1c(C)cccc1C(=O)O. The lowest BCUT2D eigenvalue weighted by Gasteiger charge is -2.13. The van der Waals surface area contributed by atoms with E-state index in [9.17, 15) is 4.79 Å². The number of hydrogen-bond acceptors (Lipinski definition) is 3. The minimum Gasteiger partial charge on any atom is -0.490 e.